The average Bonchev–Trinajstić information content (AvgIpc) is 2.92. The summed E-state index contributed by atoms with van der Waals surface area (Å²) in [5, 5.41) is 2.81. The van der Waals surface area contributed by atoms with Crippen LogP contribution in [0, 0.1) is 6.92 Å². The minimum Gasteiger partial charge on any atom is -0.319 e. The van der Waals surface area contributed by atoms with Gasteiger partial charge in [-0.15, -0.1) is 0 Å². The number of urea groups is 1. The van der Waals surface area contributed by atoms with Gasteiger partial charge in [-0.1, -0.05) is 37.6 Å². The molecule has 0 spiro atoms. The van der Waals surface area contributed by atoms with E-state index in [1.54, 1.807) is 19.2 Å². The third kappa shape index (κ3) is 3.36. The van der Waals surface area contributed by atoms with Crippen LogP contribution < -0.4 is 10.9 Å². The van der Waals surface area contributed by atoms with Crippen molar-refractivity contribution in [2.45, 2.75) is 45.7 Å². The van der Waals surface area contributed by atoms with Gasteiger partial charge in [0, 0.05) is 12.3 Å². The molecule has 1 unspecified atom stereocenters. The minimum atomic E-state index is -1.15. The highest BCUT2D eigenvalue weighted by Crippen LogP contribution is 2.30. The van der Waals surface area contributed by atoms with Crippen molar-refractivity contribution < 1.29 is 9.59 Å². The quantitative estimate of drug-likeness (QED) is 0.663. The van der Waals surface area contributed by atoms with Gasteiger partial charge in [0.15, 0.2) is 0 Å². The van der Waals surface area contributed by atoms with E-state index in [0.29, 0.717) is 11.3 Å². The van der Waals surface area contributed by atoms with Crippen LogP contribution in [0.2, 0.25) is 0 Å². The zero-order chi connectivity index (χ0) is 21.5. The lowest BCUT2D eigenvalue weighted by Gasteiger charge is -2.22. The van der Waals surface area contributed by atoms with Crippen LogP contribution in [-0.4, -0.2) is 26.2 Å². The zero-order valence-electron chi connectivity index (χ0n) is 17.3. The standard InChI is InChI=1S/C23H24N4O3/c1-4-5-16-6-8-17(9-7-16)23(3)21(29)27(22(30)25-23)14-18-13-20(28)26-11-10-15(2)12-19(26)24-18/h6-13H,4-5,14H2,1-3H3,(H,25,30). The van der Waals surface area contributed by atoms with Crippen molar-refractivity contribution in [3.63, 3.8) is 0 Å². The molecule has 0 radical (unpaired) electrons. The summed E-state index contributed by atoms with van der Waals surface area (Å²) in [6.45, 7) is 5.66. The number of carbonyl (C=O) groups excluding carboxylic acids is 2. The number of hydrogen-bond donors (Lipinski definition) is 1. The fourth-order valence-corrected chi connectivity index (χ4v) is 3.83. The van der Waals surface area contributed by atoms with Gasteiger partial charge >= 0.3 is 6.03 Å². The first-order valence-electron chi connectivity index (χ1n) is 10.0. The van der Waals surface area contributed by atoms with E-state index in [-0.39, 0.29) is 18.0 Å². The van der Waals surface area contributed by atoms with Crippen molar-refractivity contribution in [2.75, 3.05) is 0 Å². The summed E-state index contributed by atoms with van der Waals surface area (Å²) >= 11 is 0. The normalized spacial score (nSPS) is 18.8. The van der Waals surface area contributed by atoms with Crippen molar-refractivity contribution >= 4 is 17.6 Å². The summed E-state index contributed by atoms with van der Waals surface area (Å²) in [6, 6.07) is 12.2. The second-order valence-corrected chi connectivity index (χ2v) is 7.91. The Hall–Kier alpha value is -3.48. The maximum absolute atomic E-state index is 13.2. The number of aromatic nitrogens is 2. The largest absolute Gasteiger partial charge is 0.325 e. The molecule has 7 nitrogen and oxygen atoms in total. The summed E-state index contributed by atoms with van der Waals surface area (Å²) in [4.78, 5) is 43.8. The SMILES string of the molecule is CCCc1ccc(C2(C)NC(=O)N(Cc3cc(=O)n4ccc(C)cc4n3)C2=O)cc1. The summed E-state index contributed by atoms with van der Waals surface area (Å²) in [5.74, 6) is -0.359. The van der Waals surface area contributed by atoms with E-state index >= 15 is 0 Å². The summed E-state index contributed by atoms with van der Waals surface area (Å²) in [6.07, 6.45) is 3.67. The molecular weight excluding hydrogens is 380 g/mol. The fraction of sp³-hybridized carbons (Fsp3) is 0.304. The average molecular weight is 404 g/mol. The summed E-state index contributed by atoms with van der Waals surface area (Å²) in [7, 11) is 0. The van der Waals surface area contributed by atoms with Crippen LogP contribution in [0.15, 0.2) is 53.5 Å². The van der Waals surface area contributed by atoms with Gasteiger partial charge in [0.1, 0.15) is 11.2 Å². The van der Waals surface area contributed by atoms with Gasteiger partial charge in [0.25, 0.3) is 11.5 Å². The van der Waals surface area contributed by atoms with Crippen molar-refractivity contribution in [2.24, 2.45) is 0 Å². The minimum absolute atomic E-state index is 0.0616. The van der Waals surface area contributed by atoms with Crippen LogP contribution in [-0.2, 0) is 23.3 Å². The van der Waals surface area contributed by atoms with E-state index in [1.807, 2.05) is 37.3 Å². The number of amides is 3. The highest BCUT2D eigenvalue weighted by atomic mass is 16.2. The molecule has 3 amide bonds. The van der Waals surface area contributed by atoms with E-state index in [2.05, 4.69) is 17.2 Å². The zero-order valence-corrected chi connectivity index (χ0v) is 17.3. The second-order valence-electron chi connectivity index (χ2n) is 7.91. The smallest absolute Gasteiger partial charge is 0.319 e. The van der Waals surface area contributed by atoms with Gasteiger partial charge in [0.2, 0.25) is 0 Å². The Morgan fingerprint density at radius 1 is 1.07 bits per heavy atom. The summed E-state index contributed by atoms with van der Waals surface area (Å²) in [5.41, 5.74) is 2.34. The van der Waals surface area contributed by atoms with Crippen LogP contribution in [0.4, 0.5) is 4.79 Å². The Kier molecular flexibility index (Phi) is 4.89. The molecule has 4 rings (SSSR count). The number of carbonyl (C=O) groups is 2. The van der Waals surface area contributed by atoms with E-state index in [1.165, 1.54) is 16.0 Å². The lowest BCUT2D eigenvalue weighted by Crippen LogP contribution is -2.40. The topological polar surface area (TPSA) is 83.8 Å². The van der Waals surface area contributed by atoms with Crippen LogP contribution in [0.25, 0.3) is 5.65 Å². The molecule has 3 heterocycles. The number of rotatable bonds is 5. The maximum Gasteiger partial charge on any atom is 0.325 e. The van der Waals surface area contributed by atoms with Gasteiger partial charge in [0.05, 0.1) is 12.2 Å². The molecule has 0 saturated carbocycles. The molecule has 1 fully saturated rings. The van der Waals surface area contributed by atoms with E-state index in [0.717, 1.165) is 28.9 Å². The molecule has 0 bridgehead atoms. The predicted molar refractivity (Wildman–Crippen MR) is 113 cm³/mol. The molecule has 1 aromatic carbocycles. The highest BCUT2D eigenvalue weighted by molar-refractivity contribution is 6.07. The molecule has 154 valence electrons. The first-order valence-corrected chi connectivity index (χ1v) is 10.0. The number of hydrogen-bond acceptors (Lipinski definition) is 4. The first-order chi connectivity index (χ1) is 14.3. The third-order valence-corrected chi connectivity index (χ3v) is 5.54. The monoisotopic (exact) mass is 404 g/mol. The summed E-state index contributed by atoms with van der Waals surface area (Å²) < 4.78 is 1.43. The number of nitrogens with one attached hydrogen (secondary N) is 1. The molecule has 1 aliphatic heterocycles. The lowest BCUT2D eigenvalue weighted by atomic mass is 9.91. The predicted octanol–water partition coefficient (Wildman–Crippen LogP) is 2.92. The van der Waals surface area contributed by atoms with Crippen molar-refractivity contribution in [3.8, 4) is 0 Å². The van der Waals surface area contributed by atoms with Gasteiger partial charge in [-0.3, -0.25) is 18.9 Å². The molecule has 3 aromatic rings. The Bertz CT molecular complexity index is 1200. The first kappa shape index (κ1) is 19.8. The van der Waals surface area contributed by atoms with Gasteiger partial charge in [-0.25, -0.2) is 9.78 Å². The molecule has 0 aliphatic carbocycles. The van der Waals surface area contributed by atoms with Crippen molar-refractivity contribution in [3.05, 3.63) is 81.4 Å². The fourth-order valence-electron chi connectivity index (χ4n) is 3.83. The molecule has 2 aromatic heterocycles. The van der Waals surface area contributed by atoms with E-state index < -0.39 is 11.6 Å². The Morgan fingerprint density at radius 2 is 1.80 bits per heavy atom. The van der Waals surface area contributed by atoms with E-state index in [9.17, 15) is 14.4 Å². The number of imide groups is 1. The van der Waals surface area contributed by atoms with Crippen molar-refractivity contribution in [1.29, 1.82) is 0 Å². The molecule has 7 heteroatoms. The number of nitrogens with zero attached hydrogens (tertiary/aromatic N) is 3. The van der Waals surface area contributed by atoms with E-state index in [4.69, 9.17) is 0 Å². The Morgan fingerprint density at radius 3 is 2.50 bits per heavy atom. The van der Waals surface area contributed by atoms with Gasteiger partial charge in [-0.05, 0) is 49.1 Å². The molecule has 1 N–H and O–H groups in total. The van der Waals surface area contributed by atoms with Crippen molar-refractivity contribution in [1.82, 2.24) is 19.6 Å². The Balaban J connectivity index is 1.63. The number of aryl methyl sites for hydroxylation is 2. The molecule has 30 heavy (non-hydrogen) atoms. The number of fused-ring (bicyclic) bond motifs is 1. The van der Waals surface area contributed by atoms with Crippen LogP contribution in [0.1, 0.15) is 42.7 Å². The maximum atomic E-state index is 13.2. The van der Waals surface area contributed by atoms with Crippen LogP contribution in [0.3, 0.4) is 0 Å². The number of pyridine rings is 1. The molecule has 1 atom stereocenters. The number of benzene rings is 1. The molecule has 1 aliphatic rings. The van der Waals surface area contributed by atoms with Gasteiger partial charge in [-0.2, -0.15) is 0 Å². The molecule has 1 saturated heterocycles. The van der Waals surface area contributed by atoms with Crippen LogP contribution in [0.5, 0.6) is 0 Å². The van der Waals surface area contributed by atoms with Gasteiger partial charge < -0.3 is 5.32 Å². The lowest BCUT2D eigenvalue weighted by molar-refractivity contribution is -0.131. The molecular formula is C23H24N4O3. The van der Waals surface area contributed by atoms with Crippen LogP contribution >= 0.6 is 0 Å². The third-order valence-electron chi connectivity index (χ3n) is 5.54. The highest BCUT2D eigenvalue weighted by Gasteiger charge is 2.49. The second kappa shape index (κ2) is 7.40. The Labute approximate surface area is 174 Å².